The minimum atomic E-state index is -0.264. The first kappa shape index (κ1) is 9.99. The maximum Gasteiger partial charge on any atom is 0.306 e. The fraction of sp³-hybridized carbons (Fsp3) is 0.625. The molecule has 0 unspecified atom stereocenters. The molecule has 62 valence electrons. The predicted molar refractivity (Wildman–Crippen MR) is 40.9 cm³/mol. The molecule has 0 atom stereocenters. The third-order valence-corrected chi connectivity index (χ3v) is 1.02. The number of esters is 1. The SMILES string of the molecule is C#CCCC(=O)OCCOC. The van der Waals surface area contributed by atoms with E-state index in [0.717, 1.165) is 0 Å². The molecule has 0 spiro atoms. The first-order chi connectivity index (χ1) is 5.31. The lowest BCUT2D eigenvalue weighted by Crippen LogP contribution is -2.08. The van der Waals surface area contributed by atoms with Crippen molar-refractivity contribution in [2.75, 3.05) is 20.3 Å². The average molecular weight is 156 g/mol. The predicted octanol–water partition coefficient (Wildman–Crippen LogP) is 0.589. The quantitative estimate of drug-likeness (QED) is 0.332. The van der Waals surface area contributed by atoms with E-state index in [4.69, 9.17) is 11.2 Å². The van der Waals surface area contributed by atoms with Gasteiger partial charge >= 0.3 is 5.97 Å². The minimum Gasteiger partial charge on any atom is -0.463 e. The maximum absolute atomic E-state index is 10.7. The van der Waals surface area contributed by atoms with Crippen LogP contribution in [0.5, 0.6) is 0 Å². The van der Waals surface area contributed by atoms with Crippen molar-refractivity contribution in [2.24, 2.45) is 0 Å². The lowest BCUT2D eigenvalue weighted by atomic mass is 10.3. The Labute approximate surface area is 66.7 Å². The van der Waals surface area contributed by atoms with Crippen LogP contribution in [0.2, 0.25) is 0 Å². The van der Waals surface area contributed by atoms with E-state index in [-0.39, 0.29) is 5.97 Å². The van der Waals surface area contributed by atoms with Crippen LogP contribution in [0.3, 0.4) is 0 Å². The van der Waals surface area contributed by atoms with Gasteiger partial charge in [0, 0.05) is 13.5 Å². The second kappa shape index (κ2) is 7.10. The molecule has 0 N–H and O–H groups in total. The van der Waals surface area contributed by atoms with Gasteiger partial charge in [-0.25, -0.2) is 0 Å². The van der Waals surface area contributed by atoms with E-state index >= 15 is 0 Å². The molecule has 0 saturated heterocycles. The molecule has 11 heavy (non-hydrogen) atoms. The molecule has 0 amide bonds. The fourth-order valence-corrected chi connectivity index (χ4v) is 0.485. The summed E-state index contributed by atoms with van der Waals surface area (Å²) in [5.41, 5.74) is 0. The molecule has 0 aromatic carbocycles. The lowest BCUT2D eigenvalue weighted by molar-refractivity contribution is -0.144. The molecule has 0 aliphatic heterocycles. The smallest absolute Gasteiger partial charge is 0.306 e. The summed E-state index contributed by atoms with van der Waals surface area (Å²) >= 11 is 0. The fourth-order valence-electron chi connectivity index (χ4n) is 0.485. The highest BCUT2D eigenvalue weighted by Gasteiger charge is 1.99. The molecule has 0 saturated carbocycles. The third-order valence-electron chi connectivity index (χ3n) is 1.02. The van der Waals surface area contributed by atoms with Crippen LogP contribution in [0.15, 0.2) is 0 Å². The number of methoxy groups -OCH3 is 1. The van der Waals surface area contributed by atoms with Gasteiger partial charge in [-0.1, -0.05) is 0 Å². The van der Waals surface area contributed by atoms with Gasteiger partial charge in [-0.15, -0.1) is 12.3 Å². The molecule has 0 aromatic heterocycles. The summed E-state index contributed by atoms with van der Waals surface area (Å²) in [6.07, 6.45) is 5.68. The van der Waals surface area contributed by atoms with Crippen LogP contribution in [-0.2, 0) is 14.3 Å². The monoisotopic (exact) mass is 156 g/mol. The van der Waals surface area contributed by atoms with Gasteiger partial charge < -0.3 is 9.47 Å². The van der Waals surface area contributed by atoms with Gasteiger partial charge in [-0.3, -0.25) is 4.79 Å². The Kier molecular flexibility index (Phi) is 6.45. The molecular weight excluding hydrogens is 144 g/mol. The largest absolute Gasteiger partial charge is 0.463 e. The lowest BCUT2D eigenvalue weighted by Gasteiger charge is -2.01. The van der Waals surface area contributed by atoms with Crippen LogP contribution < -0.4 is 0 Å². The van der Waals surface area contributed by atoms with Crippen molar-refractivity contribution in [3.8, 4) is 12.3 Å². The Balaban J connectivity index is 3.17. The van der Waals surface area contributed by atoms with Gasteiger partial charge in [0.1, 0.15) is 6.61 Å². The Morgan fingerprint density at radius 3 is 2.82 bits per heavy atom. The Morgan fingerprint density at radius 2 is 2.27 bits per heavy atom. The molecule has 0 aliphatic carbocycles. The zero-order chi connectivity index (χ0) is 8.53. The molecule has 3 heteroatoms. The summed E-state index contributed by atoms with van der Waals surface area (Å²) in [7, 11) is 1.55. The number of ether oxygens (including phenoxy) is 2. The van der Waals surface area contributed by atoms with Gasteiger partial charge in [0.2, 0.25) is 0 Å². The molecule has 0 aromatic rings. The normalized spacial score (nSPS) is 8.73. The van der Waals surface area contributed by atoms with E-state index in [0.29, 0.717) is 26.1 Å². The molecule has 0 heterocycles. The molecule has 0 bridgehead atoms. The zero-order valence-corrected chi connectivity index (χ0v) is 6.63. The van der Waals surface area contributed by atoms with Gasteiger partial charge in [0.15, 0.2) is 0 Å². The van der Waals surface area contributed by atoms with Crippen LogP contribution in [0.25, 0.3) is 0 Å². The van der Waals surface area contributed by atoms with Gasteiger partial charge in [0.05, 0.1) is 13.0 Å². The van der Waals surface area contributed by atoms with Crippen LogP contribution in [0.4, 0.5) is 0 Å². The summed E-state index contributed by atoms with van der Waals surface area (Å²) in [6, 6.07) is 0. The Morgan fingerprint density at radius 1 is 1.55 bits per heavy atom. The van der Waals surface area contributed by atoms with E-state index in [1.807, 2.05) is 0 Å². The molecular formula is C8H12O3. The number of terminal acetylenes is 1. The van der Waals surface area contributed by atoms with E-state index in [1.165, 1.54) is 0 Å². The third kappa shape index (κ3) is 6.88. The molecule has 0 radical (unpaired) electrons. The van der Waals surface area contributed by atoms with Crippen molar-refractivity contribution in [1.82, 2.24) is 0 Å². The summed E-state index contributed by atoms with van der Waals surface area (Å²) in [6.45, 7) is 0.738. The second-order valence-corrected chi connectivity index (χ2v) is 1.92. The maximum atomic E-state index is 10.7. The van der Waals surface area contributed by atoms with Gasteiger partial charge in [0.25, 0.3) is 0 Å². The zero-order valence-electron chi connectivity index (χ0n) is 6.63. The van der Waals surface area contributed by atoms with E-state index in [9.17, 15) is 4.79 Å². The number of carbonyl (C=O) groups is 1. The van der Waals surface area contributed by atoms with Gasteiger partial charge in [-0.05, 0) is 0 Å². The Bertz CT molecular complexity index is 146. The van der Waals surface area contributed by atoms with Crippen molar-refractivity contribution < 1.29 is 14.3 Å². The minimum absolute atomic E-state index is 0.264. The van der Waals surface area contributed by atoms with Crippen molar-refractivity contribution in [3.05, 3.63) is 0 Å². The van der Waals surface area contributed by atoms with Crippen LogP contribution in [-0.4, -0.2) is 26.3 Å². The van der Waals surface area contributed by atoms with E-state index in [1.54, 1.807) is 7.11 Å². The topological polar surface area (TPSA) is 35.5 Å². The average Bonchev–Trinajstić information content (AvgIpc) is 2.01. The molecule has 0 rings (SSSR count). The number of hydrogen-bond acceptors (Lipinski definition) is 3. The number of hydrogen-bond donors (Lipinski definition) is 0. The van der Waals surface area contributed by atoms with Crippen LogP contribution in [0.1, 0.15) is 12.8 Å². The number of rotatable bonds is 5. The standard InChI is InChI=1S/C8H12O3/c1-3-4-5-8(9)11-7-6-10-2/h1H,4-7H2,2H3. The molecule has 0 aliphatic rings. The Hall–Kier alpha value is -1.01. The highest BCUT2D eigenvalue weighted by atomic mass is 16.6. The molecule has 3 nitrogen and oxygen atoms in total. The summed E-state index contributed by atoms with van der Waals surface area (Å²) in [4.78, 5) is 10.7. The van der Waals surface area contributed by atoms with Crippen molar-refractivity contribution in [3.63, 3.8) is 0 Å². The van der Waals surface area contributed by atoms with E-state index < -0.39 is 0 Å². The first-order valence-electron chi connectivity index (χ1n) is 3.39. The highest BCUT2D eigenvalue weighted by Crippen LogP contribution is 1.90. The highest BCUT2D eigenvalue weighted by molar-refractivity contribution is 5.69. The van der Waals surface area contributed by atoms with Crippen LogP contribution >= 0.6 is 0 Å². The van der Waals surface area contributed by atoms with Crippen molar-refractivity contribution in [1.29, 1.82) is 0 Å². The van der Waals surface area contributed by atoms with Crippen LogP contribution in [0, 0.1) is 12.3 Å². The van der Waals surface area contributed by atoms with Gasteiger partial charge in [-0.2, -0.15) is 0 Å². The van der Waals surface area contributed by atoms with Crippen molar-refractivity contribution >= 4 is 5.97 Å². The summed E-state index contributed by atoms with van der Waals surface area (Å²) in [5.74, 6) is 2.09. The van der Waals surface area contributed by atoms with E-state index in [2.05, 4.69) is 10.7 Å². The summed E-state index contributed by atoms with van der Waals surface area (Å²) < 4.78 is 9.40. The summed E-state index contributed by atoms with van der Waals surface area (Å²) in [5, 5.41) is 0. The number of carbonyl (C=O) groups excluding carboxylic acids is 1. The van der Waals surface area contributed by atoms with Crippen molar-refractivity contribution in [2.45, 2.75) is 12.8 Å². The molecule has 0 fully saturated rings. The first-order valence-corrected chi connectivity index (χ1v) is 3.39. The second-order valence-electron chi connectivity index (χ2n) is 1.92.